The van der Waals surface area contributed by atoms with Crippen LogP contribution in [0.2, 0.25) is 0 Å². The molecule has 1 aromatic heterocycles. The Hall–Kier alpha value is -0.910. The molecule has 1 spiro atoms. The summed E-state index contributed by atoms with van der Waals surface area (Å²) in [5, 5.41) is 3.53. The predicted molar refractivity (Wildman–Crippen MR) is 94.8 cm³/mol. The summed E-state index contributed by atoms with van der Waals surface area (Å²) in [7, 11) is 0. The Labute approximate surface area is 145 Å². The Morgan fingerprint density at radius 3 is 3.04 bits per heavy atom. The molecule has 3 heterocycles. The largest absolute Gasteiger partial charge is 0.381 e. The second-order valence-corrected chi connectivity index (χ2v) is 7.95. The highest BCUT2D eigenvalue weighted by Gasteiger charge is 2.56. The lowest BCUT2D eigenvalue weighted by Crippen LogP contribution is -2.37. The number of imidazole rings is 1. The van der Waals surface area contributed by atoms with E-state index in [1.54, 1.807) is 0 Å². The first-order chi connectivity index (χ1) is 11.8. The molecule has 24 heavy (non-hydrogen) atoms. The van der Waals surface area contributed by atoms with Crippen LogP contribution in [0, 0.1) is 11.3 Å². The van der Waals surface area contributed by atoms with E-state index in [2.05, 4.69) is 32.9 Å². The average Bonchev–Trinajstić information content (AvgIpc) is 3.02. The highest BCUT2D eigenvalue weighted by molar-refractivity contribution is 5.11. The van der Waals surface area contributed by atoms with Crippen LogP contribution in [-0.4, -0.2) is 53.3 Å². The summed E-state index contributed by atoms with van der Waals surface area (Å²) in [6.45, 7) is 9.75. The van der Waals surface area contributed by atoms with Gasteiger partial charge in [0.15, 0.2) is 0 Å². The fraction of sp³-hybridized carbons (Fsp3) is 0.842. The number of ether oxygens (including phenoxy) is 1. The number of hydrogen-bond donors (Lipinski definition) is 1. The molecule has 2 atom stereocenters. The smallest absolute Gasteiger partial charge is 0.122 e. The Bertz CT molecular complexity index is 531. The van der Waals surface area contributed by atoms with Gasteiger partial charge in [-0.2, -0.15) is 0 Å². The van der Waals surface area contributed by atoms with Gasteiger partial charge >= 0.3 is 0 Å². The van der Waals surface area contributed by atoms with Crippen molar-refractivity contribution in [2.75, 3.05) is 32.8 Å². The molecule has 134 valence electrons. The van der Waals surface area contributed by atoms with Crippen LogP contribution < -0.4 is 5.32 Å². The normalized spacial score (nSPS) is 28.8. The van der Waals surface area contributed by atoms with E-state index in [9.17, 15) is 0 Å². The second kappa shape index (κ2) is 7.14. The quantitative estimate of drug-likeness (QED) is 0.832. The maximum Gasteiger partial charge on any atom is 0.122 e. The zero-order valence-electron chi connectivity index (χ0n) is 15.0. The Morgan fingerprint density at radius 2 is 2.29 bits per heavy atom. The van der Waals surface area contributed by atoms with Crippen molar-refractivity contribution < 1.29 is 4.74 Å². The van der Waals surface area contributed by atoms with Gasteiger partial charge < -0.3 is 14.6 Å². The number of piperidine rings is 1. The highest BCUT2D eigenvalue weighted by Crippen LogP contribution is 2.56. The van der Waals surface area contributed by atoms with Crippen LogP contribution in [0.5, 0.6) is 0 Å². The van der Waals surface area contributed by atoms with E-state index >= 15 is 0 Å². The van der Waals surface area contributed by atoms with Crippen LogP contribution in [0.3, 0.4) is 0 Å². The Morgan fingerprint density at radius 1 is 1.42 bits per heavy atom. The Balaban J connectivity index is 1.42. The number of aromatic nitrogens is 2. The molecule has 0 radical (unpaired) electrons. The van der Waals surface area contributed by atoms with Gasteiger partial charge in [0.1, 0.15) is 5.82 Å². The lowest BCUT2D eigenvalue weighted by atomic mass is 9.93. The van der Waals surface area contributed by atoms with Crippen molar-refractivity contribution in [1.82, 2.24) is 19.8 Å². The summed E-state index contributed by atoms with van der Waals surface area (Å²) in [6, 6.07) is 0.768. The van der Waals surface area contributed by atoms with Gasteiger partial charge in [0.2, 0.25) is 0 Å². The minimum absolute atomic E-state index is 0.598. The van der Waals surface area contributed by atoms with Crippen LogP contribution in [0.15, 0.2) is 12.4 Å². The van der Waals surface area contributed by atoms with Gasteiger partial charge in [-0.1, -0.05) is 0 Å². The summed E-state index contributed by atoms with van der Waals surface area (Å²) in [4.78, 5) is 7.38. The van der Waals surface area contributed by atoms with E-state index in [-0.39, 0.29) is 0 Å². The van der Waals surface area contributed by atoms with Crippen molar-refractivity contribution in [2.24, 2.45) is 11.3 Å². The van der Waals surface area contributed by atoms with Crippen LogP contribution >= 0.6 is 0 Å². The molecule has 1 aliphatic carbocycles. The van der Waals surface area contributed by atoms with E-state index in [0.29, 0.717) is 5.41 Å². The summed E-state index contributed by atoms with van der Waals surface area (Å²) < 4.78 is 7.87. The minimum Gasteiger partial charge on any atom is -0.381 e. The first-order valence-electron chi connectivity index (χ1n) is 9.83. The molecule has 5 nitrogen and oxygen atoms in total. The molecule has 4 rings (SSSR count). The van der Waals surface area contributed by atoms with Crippen molar-refractivity contribution in [3.8, 4) is 0 Å². The molecule has 2 aliphatic heterocycles. The first kappa shape index (κ1) is 16.6. The molecule has 2 saturated heterocycles. The summed E-state index contributed by atoms with van der Waals surface area (Å²) in [5.74, 6) is 2.00. The molecule has 1 aromatic rings. The van der Waals surface area contributed by atoms with Crippen molar-refractivity contribution in [3.63, 3.8) is 0 Å². The molecule has 0 aromatic carbocycles. The minimum atomic E-state index is 0.598. The van der Waals surface area contributed by atoms with E-state index < -0.39 is 0 Å². The lowest BCUT2D eigenvalue weighted by molar-refractivity contribution is 0.161. The van der Waals surface area contributed by atoms with Crippen molar-refractivity contribution in [3.05, 3.63) is 18.2 Å². The lowest BCUT2D eigenvalue weighted by Gasteiger charge is -2.30. The molecule has 3 fully saturated rings. The van der Waals surface area contributed by atoms with E-state index in [0.717, 1.165) is 38.3 Å². The molecule has 0 amide bonds. The average molecular weight is 332 g/mol. The molecule has 1 N–H and O–H groups in total. The number of aryl methyl sites for hydroxylation is 1. The van der Waals surface area contributed by atoms with E-state index in [4.69, 9.17) is 4.74 Å². The maximum absolute atomic E-state index is 5.57. The zero-order chi connectivity index (χ0) is 16.4. The van der Waals surface area contributed by atoms with Crippen LogP contribution in [0.4, 0.5) is 0 Å². The van der Waals surface area contributed by atoms with E-state index in [1.165, 1.54) is 57.6 Å². The second-order valence-electron chi connectivity index (χ2n) is 7.95. The third-order valence-corrected chi connectivity index (χ3v) is 6.52. The van der Waals surface area contributed by atoms with Gasteiger partial charge in [-0.05, 0) is 70.0 Å². The van der Waals surface area contributed by atoms with Gasteiger partial charge in [-0.3, -0.25) is 4.90 Å². The van der Waals surface area contributed by atoms with Crippen LogP contribution in [0.25, 0.3) is 0 Å². The topological polar surface area (TPSA) is 42.3 Å². The van der Waals surface area contributed by atoms with Crippen molar-refractivity contribution >= 4 is 0 Å². The molecular formula is C19H32N4O. The molecular weight excluding hydrogens is 300 g/mol. The Kier molecular flexibility index (Phi) is 4.93. The zero-order valence-corrected chi connectivity index (χ0v) is 15.0. The van der Waals surface area contributed by atoms with Gasteiger partial charge in [-0.25, -0.2) is 4.98 Å². The SMILES string of the molecule is CCn1ccnc1CN(CCC1CCOC1)C1CC12CCNCC2. The molecule has 0 bridgehead atoms. The predicted octanol–water partition coefficient (Wildman–Crippen LogP) is 2.27. The third-order valence-electron chi connectivity index (χ3n) is 6.52. The maximum atomic E-state index is 5.57. The van der Waals surface area contributed by atoms with Gasteiger partial charge in [0.25, 0.3) is 0 Å². The van der Waals surface area contributed by atoms with Crippen molar-refractivity contribution in [1.29, 1.82) is 0 Å². The fourth-order valence-electron chi connectivity index (χ4n) is 4.77. The number of nitrogens with zero attached hydrogens (tertiary/aromatic N) is 3. The third kappa shape index (κ3) is 3.39. The first-order valence-corrected chi connectivity index (χ1v) is 9.83. The van der Waals surface area contributed by atoms with Gasteiger partial charge in [0.05, 0.1) is 6.54 Å². The molecule has 1 saturated carbocycles. The van der Waals surface area contributed by atoms with Crippen LogP contribution in [-0.2, 0) is 17.8 Å². The number of hydrogen-bond acceptors (Lipinski definition) is 4. The number of rotatable bonds is 7. The number of nitrogens with one attached hydrogen (secondary N) is 1. The monoisotopic (exact) mass is 332 g/mol. The van der Waals surface area contributed by atoms with Gasteiger partial charge in [0, 0.05) is 38.2 Å². The molecule has 5 heteroatoms. The fourth-order valence-corrected chi connectivity index (χ4v) is 4.77. The van der Waals surface area contributed by atoms with Crippen LogP contribution in [0.1, 0.15) is 44.9 Å². The highest BCUT2D eigenvalue weighted by atomic mass is 16.5. The molecule has 2 unspecified atom stereocenters. The van der Waals surface area contributed by atoms with Gasteiger partial charge in [-0.15, -0.1) is 0 Å². The summed E-state index contributed by atoms with van der Waals surface area (Å²) >= 11 is 0. The standard InChI is InChI=1S/C19H32N4O/c1-2-22-11-9-21-18(22)14-23(10-3-16-4-12-24-15-16)17-13-19(17)5-7-20-8-6-19/h9,11,16-17,20H,2-8,10,12-15H2,1H3. The molecule has 3 aliphatic rings. The van der Waals surface area contributed by atoms with E-state index in [1.807, 2.05) is 6.20 Å². The summed E-state index contributed by atoms with van der Waals surface area (Å²) in [6.07, 6.45) is 10.7. The van der Waals surface area contributed by atoms with Crippen molar-refractivity contribution in [2.45, 2.75) is 58.2 Å². The summed E-state index contributed by atoms with van der Waals surface area (Å²) in [5.41, 5.74) is 0.598.